The predicted octanol–water partition coefficient (Wildman–Crippen LogP) is 3.50. The number of carboxylic acid groups (broad SMARTS) is 1. The molecule has 17 heavy (non-hydrogen) atoms. The standard InChI is InChI=1S/C13H14ClNO2/c14-11-4-1-3-10(9-11)6-7-12-5-2-8-15(12)13(16)17/h1,3-4,6-7,9,12H,2,5,8H2,(H,16,17)/b7-6+/t12-/m1/s1. The lowest BCUT2D eigenvalue weighted by Gasteiger charge is -2.17. The minimum absolute atomic E-state index is 0.00789. The van der Waals surface area contributed by atoms with Gasteiger partial charge in [-0.15, -0.1) is 0 Å². The highest BCUT2D eigenvalue weighted by Crippen LogP contribution is 2.20. The Bertz CT molecular complexity index is 445. The Kier molecular flexibility index (Phi) is 3.69. The van der Waals surface area contributed by atoms with Crippen molar-refractivity contribution in [3.63, 3.8) is 0 Å². The van der Waals surface area contributed by atoms with Gasteiger partial charge in [0.25, 0.3) is 0 Å². The van der Waals surface area contributed by atoms with Gasteiger partial charge in [0.15, 0.2) is 0 Å². The van der Waals surface area contributed by atoms with Crippen LogP contribution < -0.4 is 0 Å². The molecular formula is C13H14ClNO2. The Morgan fingerprint density at radius 3 is 3.06 bits per heavy atom. The van der Waals surface area contributed by atoms with Crippen molar-refractivity contribution in [2.45, 2.75) is 18.9 Å². The van der Waals surface area contributed by atoms with Crippen LogP contribution in [-0.2, 0) is 0 Å². The second kappa shape index (κ2) is 5.23. The van der Waals surface area contributed by atoms with Gasteiger partial charge in [0.2, 0.25) is 0 Å². The van der Waals surface area contributed by atoms with E-state index in [2.05, 4.69) is 0 Å². The number of rotatable bonds is 2. The van der Waals surface area contributed by atoms with Crippen LogP contribution >= 0.6 is 11.6 Å². The molecule has 0 bridgehead atoms. The maximum Gasteiger partial charge on any atom is 0.407 e. The summed E-state index contributed by atoms with van der Waals surface area (Å²) in [5, 5.41) is 9.68. The molecule has 3 nitrogen and oxygen atoms in total. The molecule has 0 spiro atoms. The van der Waals surface area contributed by atoms with Gasteiger partial charge in [-0.1, -0.05) is 35.9 Å². The Morgan fingerprint density at radius 1 is 1.53 bits per heavy atom. The number of likely N-dealkylation sites (tertiary alicyclic amines) is 1. The summed E-state index contributed by atoms with van der Waals surface area (Å²) in [5.41, 5.74) is 0.995. The van der Waals surface area contributed by atoms with Gasteiger partial charge in [-0.3, -0.25) is 0 Å². The summed E-state index contributed by atoms with van der Waals surface area (Å²) in [6, 6.07) is 7.50. The van der Waals surface area contributed by atoms with E-state index in [0.717, 1.165) is 18.4 Å². The number of hydrogen-bond donors (Lipinski definition) is 1. The summed E-state index contributed by atoms with van der Waals surface area (Å²) >= 11 is 5.88. The van der Waals surface area contributed by atoms with Gasteiger partial charge in [-0.2, -0.15) is 0 Å². The third-order valence-electron chi connectivity index (χ3n) is 2.90. The van der Waals surface area contributed by atoms with E-state index in [9.17, 15) is 4.79 Å². The SMILES string of the molecule is O=C(O)N1CCC[C@@H]1/C=C/c1cccc(Cl)c1. The van der Waals surface area contributed by atoms with Crippen molar-refractivity contribution in [1.82, 2.24) is 4.90 Å². The number of halogens is 1. The molecular weight excluding hydrogens is 238 g/mol. The predicted molar refractivity (Wildman–Crippen MR) is 68.2 cm³/mol. The highest BCUT2D eigenvalue weighted by Gasteiger charge is 2.25. The molecule has 0 aliphatic carbocycles. The van der Waals surface area contributed by atoms with Crippen molar-refractivity contribution in [3.8, 4) is 0 Å². The molecule has 1 saturated heterocycles. The summed E-state index contributed by atoms with van der Waals surface area (Å²) < 4.78 is 0. The third kappa shape index (κ3) is 3.01. The molecule has 0 radical (unpaired) electrons. The van der Waals surface area contributed by atoms with Gasteiger partial charge in [0, 0.05) is 11.6 Å². The molecule has 1 aromatic carbocycles. The minimum atomic E-state index is -0.844. The summed E-state index contributed by atoms with van der Waals surface area (Å²) in [7, 11) is 0. The van der Waals surface area contributed by atoms with Gasteiger partial charge >= 0.3 is 6.09 Å². The molecule has 0 unspecified atom stereocenters. The first-order valence-electron chi connectivity index (χ1n) is 5.60. The van der Waals surface area contributed by atoms with Crippen LogP contribution in [0.2, 0.25) is 5.02 Å². The lowest BCUT2D eigenvalue weighted by Crippen LogP contribution is -2.32. The molecule has 1 N–H and O–H groups in total. The zero-order chi connectivity index (χ0) is 12.3. The number of amides is 1. The molecule has 1 aliphatic heterocycles. The van der Waals surface area contributed by atoms with E-state index in [0.29, 0.717) is 11.6 Å². The normalized spacial score (nSPS) is 20.1. The number of nitrogens with zero attached hydrogens (tertiary/aromatic N) is 1. The molecule has 1 aromatic rings. The molecule has 2 rings (SSSR count). The molecule has 90 valence electrons. The lowest BCUT2D eigenvalue weighted by atomic mass is 10.1. The first-order chi connectivity index (χ1) is 8.16. The largest absolute Gasteiger partial charge is 0.465 e. The first kappa shape index (κ1) is 12.0. The molecule has 4 heteroatoms. The first-order valence-corrected chi connectivity index (χ1v) is 5.98. The van der Waals surface area contributed by atoms with Crippen LogP contribution in [0.5, 0.6) is 0 Å². The van der Waals surface area contributed by atoms with Gasteiger partial charge in [0.1, 0.15) is 0 Å². The second-order valence-electron chi connectivity index (χ2n) is 4.10. The van der Waals surface area contributed by atoms with Crippen LogP contribution in [0.25, 0.3) is 6.08 Å². The van der Waals surface area contributed by atoms with Gasteiger partial charge in [-0.25, -0.2) is 4.79 Å². The Hall–Kier alpha value is -1.48. The molecule has 1 amide bonds. The van der Waals surface area contributed by atoms with Crippen LogP contribution in [-0.4, -0.2) is 28.7 Å². The van der Waals surface area contributed by atoms with E-state index < -0.39 is 6.09 Å². The summed E-state index contributed by atoms with van der Waals surface area (Å²) in [6.45, 7) is 0.625. The quantitative estimate of drug-likeness (QED) is 0.874. The molecule has 1 heterocycles. The van der Waals surface area contributed by atoms with Crippen LogP contribution in [0.15, 0.2) is 30.3 Å². The molecule has 0 saturated carbocycles. The minimum Gasteiger partial charge on any atom is -0.465 e. The number of benzene rings is 1. The monoisotopic (exact) mass is 251 g/mol. The highest BCUT2D eigenvalue weighted by atomic mass is 35.5. The maximum absolute atomic E-state index is 10.9. The fraction of sp³-hybridized carbons (Fsp3) is 0.308. The zero-order valence-electron chi connectivity index (χ0n) is 9.34. The number of carbonyl (C=O) groups is 1. The average molecular weight is 252 g/mol. The van der Waals surface area contributed by atoms with E-state index in [1.165, 1.54) is 4.90 Å². The topological polar surface area (TPSA) is 40.5 Å². The van der Waals surface area contributed by atoms with Gasteiger partial charge < -0.3 is 10.0 Å². The zero-order valence-corrected chi connectivity index (χ0v) is 10.1. The molecule has 1 aliphatic rings. The van der Waals surface area contributed by atoms with E-state index in [1.807, 2.05) is 36.4 Å². The van der Waals surface area contributed by atoms with Crippen molar-refractivity contribution in [3.05, 3.63) is 40.9 Å². The van der Waals surface area contributed by atoms with Crippen molar-refractivity contribution in [2.75, 3.05) is 6.54 Å². The van der Waals surface area contributed by atoms with Crippen LogP contribution in [0.3, 0.4) is 0 Å². The van der Waals surface area contributed by atoms with Gasteiger partial charge in [0.05, 0.1) is 6.04 Å². The van der Waals surface area contributed by atoms with Gasteiger partial charge in [-0.05, 0) is 30.5 Å². The third-order valence-corrected chi connectivity index (χ3v) is 3.14. The van der Waals surface area contributed by atoms with Crippen molar-refractivity contribution >= 4 is 23.8 Å². The summed E-state index contributed by atoms with van der Waals surface area (Å²) in [5.74, 6) is 0. The van der Waals surface area contributed by atoms with Crippen LogP contribution in [0.4, 0.5) is 4.79 Å². The Labute approximate surface area is 105 Å². The van der Waals surface area contributed by atoms with Crippen molar-refractivity contribution in [1.29, 1.82) is 0 Å². The van der Waals surface area contributed by atoms with Crippen LogP contribution in [0, 0.1) is 0 Å². The van der Waals surface area contributed by atoms with E-state index in [-0.39, 0.29) is 6.04 Å². The fourth-order valence-electron chi connectivity index (χ4n) is 2.06. The maximum atomic E-state index is 10.9. The second-order valence-corrected chi connectivity index (χ2v) is 4.54. The molecule has 1 atom stereocenters. The highest BCUT2D eigenvalue weighted by molar-refractivity contribution is 6.30. The van der Waals surface area contributed by atoms with E-state index in [4.69, 9.17) is 16.7 Å². The number of hydrogen-bond acceptors (Lipinski definition) is 1. The summed E-state index contributed by atoms with van der Waals surface area (Å²) in [6.07, 6.45) is 4.84. The van der Waals surface area contributed by atoms with Crippen molar-refractivity contribution < 1.29 is 9.90 Å². The van der Waals surface area contributed by atoms with E-state index >= 15 is 0 Å². The smallest absolute Gasteiger partial charge is 0.407 e. The average Bonchev–Trinajstić information content (AvgIpc) is 2.74. The van der Waals surface area contributed by atoms with E-state index in [1.54, 1.807) is 0 Å². The lowest BCUT2D eigenvalue weighted by molar-refractivity contribution is 0.147. The molecule has 0 aromatic heterocycles. The Morgan fingerprint density at radius 2 is 2.35 bits per heavy atom. The summed E-state index contributed by atoms with van der Waals surface area (Å²) in [4.78, 5) is 12.4. The molecule has 1 fully saturated rings. The van der Waals surface area contributed by atoms with Crippen molar-refractivity contribution in [2.24, 2.45) is 0 Å². The fourth-order valence-corrected chi connectivity index (χ4v) is 2.26. The Balaban J connectivity index is 2.07. The van der Waals surface area contributed by atoms with Crippen LogP contribution in [0.1, 0.15) is 18.4 Å².